The Kier molecular flexibility index (Phi) is 6.18. The van der Waals surface area contributed by atoms with Crippen molar-refractivity contribution in [3.05, 3.63) is 59.7 Å². The van der Waals surface area contributed by atoms with E-state index in [-0.39, 0.29) is 23.0 Å². The van der Waals surface area contributed by atoms with Crippen molar-refractivity contribution in [1.29, 1.82) is 0 Å². The number of anilines is 1. The van der Waals surface area contributed by atoms with Crippen LogP contribution in [0, 0.1) is 11.3 Å². The second-order valence-corrected chi connectivity index (χ2v) is 10.2. The minimum absolute atomic E-state index is 0.0681. The monoisotopic (exact) mass is 399 g/mol. The van der Waals surface area contributed by atoms with Crippen LogP contribution in [0.15, 0.2) is 53.4 Å². The Labute approximate surface area is 170 Å². The van der Waals surface area contributed by atoms with Gasteiger partial charge in [-0.15, -0.1) is 0 Å². The molecule has 0 unspecified atom stereocenters. The summed E-state index contributed by atoms with van der Waals surface area (Å²) in [6, 6.07) is 16.2. The Bertz CT molecular complexity index is 907. The van der Waals surface area contributed by atoms with Gasteiger partial charge in [-0.25, -0.2) is 8.42 Å². The van der Waals surface area contributed by atoms with Gasteiger partial charge < -0.3 is 5.32 Å². The van der Waals surface area contributed by atoms with Crippen LogP contribution in [-0.2, 0) is 9.84 Å². The highest BCUT2D eigenvalue weighted by Crippen LogP contribution is 2.52. The molecule has 0 saturated carbocycles. The Hall–Kier alpha value is -1.81. The lowest BCUT2D eigenvalue weighted by Crippen LogP contribution is -2.37. The number of unbranched alkanes of at least 4 members (excludes halogenated alkanes) is 1. The molecule has 0 fully saturated rings. The van der Waals surface area contributed by atoms with Gasteiger partial charge in [-0.1, -0.05) is 63.9 Å². The van der Waals surface area contributed by atoms with E-state index >= 15 is 0 Å². The zero-order chi connectivity index (χ0) is 20.4. The molecule has 2 aromatic rings. The van der Waals surface area contributed by atoms with E-state index < -0.39 is 9.84 Å². The maximum atomic E-state index is 13.5. The quantitative estimate of drug-likeness (QED) is 0.661. The molecule has 1 heterocycles. The van der Waals surface area contributed by atoms with Gasteiger partial charge in [0.1, 0.15) is 0 Å². The zero-order valence-corrected chi connectivity index (χ0v) is 18.4. The average Bonchev–Trinajstić information content (AvgIpc) is 2.78. The molecule has 3 nitrogen and oxygen atoms in total. The predicted octanol–water partition coefficient (Wildman–Crippen LogP) is 5.87. The van der Waals surface area contributed by atoms with Crippen LogP contribution in [0.1, 0.15) is 63.5 Å². The topological polar surface area (TPSA) is 46.2 Å². The lowest BCUT2D eigenvalue weighted by Gasteiger charge is -2.41. The molecule has 2 aromatic carbocycles. The molecule has 0 aliphatic carbocycles. The third-order valence-electron chi connectivity index (χ3n) is 6.80. The second kappa shape index (κ2) is 8.28. The van der Waals surface area contributed by atoms with E-state index in [0.717, 1.165) is 36.9 Å². The molecule has 0 bridgehead atoms. The zero-order valence-electron chi connectivity index (χ0n) is 17.5. The number of rotatable bonds is 6. The van der Waals surface area contributed by atoms with Gasteiger partial charge in [0, 0.05) is 18.7 Å². The van der Waals surface area contributed by atoms with Crippen molar-refractivity contribution in [2.45, 2.75) is 57.3 Å². The van der Waals surface area contributed by atoms with Crippen molar-refractivity contribution < 1.29 is 8.42 Å². The first kappa shape index (κ1) is 20.9. The number of sulfone groups is 1. The van der Waals surface area contributed by atoms with Crippen LogP contribution in [0.25, 0.3) is 0 Å². The number of nitrogens with one attached hydrogen (secondary N) is 1. The van der Waals surface area contributed by atoms with Crippen molar-refractivity contribution in [3.8, 4) is 0 Å². The van der Waals surface area contributed by atoms with Crippen LogP contribution >= 0.6 is 0 Å². The normalized spacial score (nSPS) is 26.3. The SMILES string of the molecule is CCCC[C@@]1(CC)CS(=O)(=O)c2ccc(NC)cc2[C@@H](c2ccccc2)[C@H]1C. The third kappa shape index (κ3) is 3.71. The highest BCUT2D eigenvalue weighted by atomic mass is 32.2. The second-order valence-electron chi connectivity index (χ2n) is 8.26. The lowest BCUT2D eigenvalue weighted by atomic mass is 9.64. The molecule has 4 heteroatoms. The van der Waals surface area contributed by atoms with Gasteiger partial charge in [0.2, 0.25) is 0 Å². The molecule has 1 aliphatic rings. The van der Waals surface area contributed by atoms with E-state index in [1.54, 1.807) is 0 Å². The molecule has 3 rings (SSSR count). The minimum atomic E-state index is -3.36. The van der Waals surface area contributed by atoms with Gasteiger partial charge in [0.25, 0.3) is 0 Å². The molecular weight excluding hydrogens is 366 g/mol. The van der Waals surface area contributed by atoms with Crippen LogP contribution in [0.5, 0.6) is 0 Å². The maximum Gasteiger partial charge on any atom is 0.179 e. The Morgan fingerprint density at radius 1 is 1.11 bits per heavy atom. The average molecular weight is 400 g/mol. The molecule has 0 saturated heterocycles. The van der Waals surface area contributed by atoms with Crippen molar-refractivity contribution in [2.75, 3.05) is 18.1 Å². The summed E-state index contributed by atoms with van der Waals surface area (Å²) in [5.74, 6) is 0.542. The summed E-state index contributed by atoms with van der Waals surface area (Å²) >= 11 is 0. The molecule has 0 radical (unpaired) electrons. The van der Waals surface area contributed by atoms with Gasteiger partial charge >= 0.3 is 0 Å². The van der Waals surface area contributed by atoms with E-state index in [9.17, 15) is 8.42 Å². The smallest absolute Gasteiger partial charge is 0.179 e. The van der Waals surface area contributed by atoms with Crippen molar-refractivity contribution in [1.82, 2.24) is 0 Å². The number of fused-ring (bicyclic) bond motifs is 1. The standard InChI is InChI=1S/C24H33NO2S/c1-5-7-15-24(6-2)17-28(26,27)22-14-13-20(25-4)16-21(22)23(18(24)3)19-11-9-8-10-12-19/h8-14,16,18,23,25H,5-7,15,17H2,1-4H3/t18-,23-,24+/m1/s1. The highest BCUT2D eigenvalue weighted by molar-refractivity contribution is 7.91. The van der Waals surface area contributed by atoms with Gasteiger partial charge in [0.15, 0.2) is 9.84 Å². The molecule has 1 aliphatic heterocycles. The molecule has 0 spiro atoms. The molecule has 0 amide bonds. The first-order chi connectivity index (χ1) is 13.4. The largest absolute Gasteiger partial charge is 0.388 e. The van der Waals surface area contributed by atoms with Gasteiger partial charge in [-0.2, -0.15) is 0 Å². The molecule has 152 valence electrons. The van der Waals surface area contributed by atoms with Crippen LogP contribution in [0.2, 0.25) is 0 Å². The summed E-state index contributed by atoms with van der Waals surface area (Å²) in [6.07, 6.45) is 3.98. The summed E-state index contributed by atoms with van der Waals surface area (Å²) in [6.45, 7) is 6.62. The molecule has 28 heavy (non-hydrogen) atoms. The van der Waals surface area contributed by atoms with E-state index in [1.807, 2.05) is 31.3 Å². The minimum Gasteiger partial charge on any atom is -0.388 e. The van der Waals surface area contributed by atoms with E-state index in [2.05, 4.69) is 50.4 Å². The van der Waals surface area contributed by atoms with E-state index in [0.29, 0.717) is 4.90 Å². The fourth-order valence-corrected chi connectivity index (χ4v) is 7.34. The van der Waals surface area contributed by atoms with Gasteiger partial charge in [-0.3, -0.25) is 0 Å². The molecule has 1 N–H and O–H groups in total. The molecule has 0 aromatic heterocycles. The Morgan fingerprint density at radius 3 is 2.43 bits per heavy atom. The summed E-state index contributed by atoms with van der Waals surface area (Å²) in [7, 11) is -1.47. The number of hydrogen-bond donors (Lipinski definition) is 1. The van der Waals surface area contributed by atoms with Crippen LogP contribution in [0.3, 0.4) is 0 Å². The van der Waals surface area contributed by atoms with E-state index in [4.69, 9.17) is 0 Å². The molecule has 3 atom stereocenters. The number of hydrogen-bond acceptors (Lipinski definition) is 3. The first-order valence-corrected chi connectivity index (χ1v) is 12.1. The van der Waals surface area contributed by atoms with Gasteiger partial charge in [0.05, 0.1) is 10.6 Å². The predicted molar refractivity (Wildman–Crippen MR) is 118 cm³/mol. The summed E-state index contributed by atoms with van der Waals surface area (Å²) in [5, 5.41) is 3.19. The fraction of sp³-hybridized carbons (Fsp3) is 0.500. The summed E-state index contributed by atoms with van der Waals surface area (Å²) in [4.78, 5) is 0.513. The third-order valence-corrected chi connectivity index (χ3v) is 8.80. The number of benzene rings is 2. The van der Waals surface area contributed by atoms with Crippen LogP contribution in [-0.4, -0.2) is 21.2 Å². The fourth-order valence-electron chi connectivity index (χ4n) is 5.00. The van der Waals surface area contributed by atoms with Crippen molar-refractivity contribution >= 4 is 15.5 Å². The first-order valence-electron chi connectivity index (χ1n) is 10.5. The Morgan fingerprint density at radius 2 is 1.82 bits per heavy atom. The van der Waals surface area contributed by atoms with Crippen LogP contribution < -0.4 is 5.32 Å². The summed E-state index contributed by atoms with van der Waals surface area (Å²) in [5.41, 5.74) is 2.89. The van der Waals surface area contributed by atoms with Gasteiger partial charge in [-0.05, 0) is 53.5 Å². The maximum absolute atomic E-state index is 13.5. The van der Waals surface area contributed by atoms with Crippen LogP contribution in [0.4, 0.5) is 5.69 Å². The van der Waals surface area contributed by atoms with Crippen molar-refractivity contribution in [3.63, 3.8) is 0 Å². The Balaban J connectivity index is 2.29. The molecular formula is C24H33NO2S. The van der Waals surface area contributed by atoms with E-state index in [1.165, 1.54) is 5.56 Å². The highest BCUT2D eigenvalue weighted by Gasteiger charge is 2.47. The van der Waals surface area contributed by atoms with Crippen molar-refractivity contribution in [2.24, 2.45) is 11.3 Å². The summed E-state index contributed by atoms with van der Waals surface area (Å²) < 4.78 is 27.1. The lowest BCUT2D eigenvalue weighted by molar-refractivity contribution is 0.160.